The number of fused-ring (bicyclic) bond motifs is 1. The SMILES string of the molecule is CN(c1ccc(C(F)(F)F)cc1)c1ccc2c(c1)C(CC1CC1)NCC2.Cl. The molecule has 0 radical (unpaired) electrons. The molecule has 1 atom stereocenters. The summed E-state index contributed by atoms with van der Waals surface area (Å²) in [5.41, 5.74) is 3.88. The smallest absolute Gasteiger partial charge is 0.345 e. The summed E-state index contributed by atoms with van der Waals surface area (Å²) in [6.45, 7) is 1.01. The molecule has 2 aliphatic rings. The number of alkyl halides is 3. The van der Waals surface area contributed by atoms with Crippen molar-refractivity contribution in [1.82, 2.24) is 5.32 Å². The molecule has 1 N–H and O–H groups in total. The minimum atomic E-state index is -4.30. The van der Waals surface area contributed by atoms with Crippen LogP contribution in [0.25, 0.3) is 0 Å². The van der Waals surface area contributed by atoms with Crippen molar-refractivity contribution in [3.63, 3.8) is 0 Å². The van der Waals surface area contributed by atoms with Gasteiger partial charge in [0.05, 0.1) is 5.56 Å². The van der Waals surface area contributed by atoms with Crippen LogP contribution in [0.15, 0.2) is 42.5 Å². The molecule has 146 valence electrons. The topological polar surface area (TPSA) is 15.3 Å². The predicted octanol–water partition coefficient (Wildman–Crippen LogP) is 5.88. The van der Waals surface area contributed by atoms with Crippen LogP contribution in [0.4, 0.5) is 24.5 Å². The summed E-state index contributed by atoms with van der Waals surface area (Å²) in [7, 11) is 1.90. The molecular formula is C21H24ClF3N2. The van der Waals surface area contributed by atoms with Crippen LogP contribution in [0, 0.1) is 5.92 Å². The van der Waals surface area contributed by atoms with Gasteiger partial charge in [-0.05, 0) is 72.8 Å². The van der Waals surface area contributed by atoms with Gasteiger partial charge < -0.3 is 10.2 Å². The number of nitrogens with one attached hydrogen (secondary N) is 1. The van der Waals surface area contributed by atoms with Gasteiger partial charge in [0.2, 0.25) is 0 Å². The van der Waals surface area contributed by atoms with Crippen molar-refractivity contribution in [1.29, 1.82) is 0 Å². The van der Waals surface area contributed by atoms with E-state index < -0.39 is 11.7 Å². The maximum absolute atomic E-state index is 12.8. The molecule has 2 nitrogen and oxygen atoms in total. The van der Waals surface area contributed by atoms with Gasteiger partial charge in [0.25, 0.3) is 0 Å². The van der Waals surface area contributed by atoms with Crippen molar-refractivity contribution >= 4 is 23.8 Å². The van der Waals surface area contributed by atoms with Gasteiger partial charge in [-0.3, -0.25) is 0 Å². The van der Waals surface area contributed by atoms with Gasteiger partial charge in [0.1, 0.15) is 0 Å². The first-order valence-corrected chi connectivity index (χ1v) is 9.19. The molecule has 1 saturated carbocycles. The van der Waals surface area contributed by atoms with Gasteiger partial charge >= 0.3 is 6.18 Å². The Morgan fingerprint density at radius 1 is 1.04 bits per heavy atom. The summed E-state index contributed by atoms with van der Waals surface area (Å²) in [5.74, 6) is 0.842. The molecule has 6 heteroatoms. The first-order valence-electron chi connectivity index (χ1n) is 9.19. The molecule has 2 aromatic carbocycles. The zero-order valence-electron chi connectivity index (χ0n) is 15.2. The quantitative estimate of drug-likeness (QED) is 0.694. The molecule has 0 amide bonds. The first kappa shape index (κ1) is 20.0. The Morgan fingerprint density at radius 3 is 2.33 bits per heavy atom. The van der Waals surface area contributed by atoms with Crippen LogP contribution in [0.3, 0.4) is 0 Å². The number of anilines is 2. The molecule has 4 rings (SSSR count). The fraction of sp³-hybridized carbons (Fsp3) is 0.429. The zero-order chi connectivity index (χ0) is 18.3. The van der Waals surface area contributed by atoms with Crippen molar-refractivity contribution in [2.75, 3.05) is 18.5 Å². The molecule has 1 aliphatic heterocycles. The normalized spacial score (nSPS) is 19.2. The Labute approximate surface area is 164 Å². The summed E-state index contributed by atoms with van der Waals surface area (Å²) < 4.78 is 38.3. The van der Waals surface area contributed by atoms with Crippen LogP contribution in [0.1, 0.15) is 42.0 Å². The number of nitrogens with zero attached hydrogens (tertiary/aromatic N) is 1. The van der Waals surface area contributed by atoms with Gasteiger partial charge in [-0.25, -0.2) is 0 Å². The summed E-state index contributed by atoms with van der Waals surface area (Å²) in [6, 6.07) is 12.2. The summed E-state index contributed by atoms with van der Waals surface area (Å²) in [6.07, 6.45) is 0.573. The maximum atomic E-state index is 12.8. The summed E-state index contributed by atoms with van der Waals surface area (Å²) in [4.78, 5) is 1.95. The van der Waals surface area contributed by atoms with Gasteiger partial charge in [-0.2, -0.15) is 13.2 Å². The van der Waals surface area contributed by atoms with Crippen LogP contribution in [-0.2, 0) is 12.6 Å². The highest BCUT2D eigenvalue weighted by Gasteiger charge is 2.31. The highest BCUT2D eigenvalue weighted by Crippen LogP contribution is 2.40. The van der Waals surface area contributed by atoms with E-state index in [1.54, 1.807) is 0 Å². The third-order valence-corrected chi connectivity index (χ3v) is 5.53. The Bertz CT molecular complexity index is 785. The van der Waals surface area contributed by atoms with Crippen molar-refractivity contribution in [2.24, 2.45) is 5.92 Å². The van der Waals surface area contributed by atoms with Crippen LogP contribution in [0.5, 0.6) is 0 Å². The maximum Gasteiger partial charge on any atom is 0.416 e. The van der Waals surface area contributed by atoms with E-state index in [4.69, 9.17) is 0 Å². The molecule has 0 saturated heterocycles. The minimum absolute atomic E-state index is 0. The van der Waals surface area contributed by atoms with Gasteiger partial charge in [-0.1, -0.05) is 18.9 Å². The molecule has 1 aliphatic carbocycles. The molecule has 0 aromatic heterocycles. The van der Waals surface area contributed by atoms with Gasteiger partial charge in [0.15, 0.2) is 0 Å². The third kappa shape index (κ3) is 4.41. The lowest BCUT2D eigenvalue weighted by Crippen LogP contribution is -2.30. The minimum Gasteiger partial charge on any atom is -0.345 e. The highest BCUT2D eigenvalue weighted by atomic mass is 35.5. The van der Waals surface area contributed by atoms with Crippen LogP contribution >= 0.6 is 12.4 Å². The average molecular weight is 397 g/mol. The Morgan fingerprint density at radius 2 is 1.70 bits per heavy atom. The Balaban J connectivity index is 0.00000210. The number of rotatable bonds is 4. The second-order valence-electron chi connectivity index (χ2n) is 7.42. The number of hydrogen-bond donors (Lipinski definition) is 1. The van der Waals surface area contributed by atoms with E-state index in [9.17, 15) is 13.2 Å². The fourth-order valence-corrected chi connectivity index (χ4v) is 3.75. The van der Waals surface area contributed by atoms with E-state index in [0.29, 0.717) is 6.04 Å². The number of hydrogen-bond acceptors (Lipinski definition) is 2. The van der Waals surface area contributed by atoms with E-state index in [1.165, 1.54) is 42.5 Å². The van der Waals surface area contributed by atoms with Gasteiger partial charge in [-0.15, -0.1) is 12.4 Å². The van der Waals surface area contributed by atoms with Crippen LogP contribution < -0.4 is 10.2 Å². The lowest BCUT2D eigenvalue weighted by molar-refractivity contribution is -0.137. The first-order chi connectivity index (χ1) is 12.4. The molecule has 1 unspecified atom stereocenters. The van der Waals surface area contributed by atoms with Crippen LogP contribution in [-0.4, -0.2) is 13.6 Å². The van der Waals surface area contributed by atoms with E-state index >= 15 is 0 Å². The molecule has 1 fully saturated rings. The number of benzene rings is 2. The largest absolute Gasteiger partial charge is 0.416 e. The lowest BCUT2D eigenvalue weighted by atomic mass is 9.90. The zero-order valence-corrected chi connectivity index (χ0v) is 16.0. The van der Waals surface area contributed by atoms with Gasteiger partial charge in [0, 0.05) is 24.5 Å². The molecule has 27 heavy (non-hydrogen) atoms. The fourth-order valence-electron chi connectivity index (χ4n) is 3.75. The molecule has 1 heterocycles. The second-order valence-corrected chi connectivity index (χ2v) is 7.42. The predicted molar refractivity (Wildman–Crippen MR) is 105 cm³/mol. The van der Waals surface area contributed by atoms with Crippen LogP contribution in [0.2, 0.25) is 0 Å². The summed E-state index contributed by atoms with van der Waals surface area (Å²) >= 11 is 0. The van der Waals surface area contributed by atoms with E-state index in [2.05, 4.69) is 23.5 Å². The van der Waals surface area contributed by atoms with E-state index in [1.807, 2.05) is 11.9 Å². The monoisotopic (exact) mass is 396 g/mol. The van der Waals surface area contributed by atoms with Crippen molar-refractivity contribution in [3.05, 3.63) is 59.2 Å². The third-order valence-electron chi connectivity index (χ3n) is 5.53. The standard InChI is InChI=1S/C21H23F3N2.ClH/c1-26(17-8-5-16(6-9-17)21(22,23)24)18-7-4-15-10-11-25-20(19(15)13-18)12-14-2-3-14;/h4-9,13-14,20,25H,2-3,10-12H2,1H3;1H. The molecular weight excluding hydrogens is 373 g/mol. The highest BCUT2D eigenvalue weighted by molar-refractivity contribution is 5.85. The molecule has 0 spiro atoms. The number of halogens is 4. The summed E-state index contributed by atoms with van der Waals surface area (Å²) in [5, 5.41) is 3.63. The molecule has 0 bridgehead atoms. The van der Waals surface area contributed by atoms with Crippen molar-refractivity contribution in [2.45, 2.75) is 37.9 Å². The lowest BCUT2D eigenvalue weighted by Gasteiger charge is -2.29. The Hall–Kier alpha value is -1.72. The van der Waals surface area contributed by atoms with Crippen molar-refractivity contribution < 1.29 is 13.2 Å². The van der Waals surface area contributed by atoms with E-state index in [0.717, 1.165) is 42.4 Å². The van der Waals surface area contributed by atoms with E-state index in [-0.39, 0.29) is 12.4 Å². The Kier molecular flexibility index (Phi) is 5.73. The molecule has 2 aromatic rings. The average Bonchev–Trinajstić information content (AvgIpc) is 3.44. The second kappa shape index (κ2) is 7.72. The van der Waals surface area contributed by atoms with Crippen molar-refractivity contribution in [3.8, 4) is 0 Å².